The van der Waals surface area contributed by atoms with Crippen molar-refractivity contribution < 1.29 is 9.53 Å². The van der Waals surface area contributed by atoms with Gasteiger partial charge in [-0.2, -0.15) is 0 Å². The Morgan fingerprint density at radius 1 is 1.41 bits per heavy atom. The van der Waals surface area contributed by atoms with Gasteiger partial charge in [-0.15, -0.1) is 0 Å². The summed E-state index contributed by atoms with van der Waals surface area (Å²) >= 11 is 0. The summed E-state index contributed by atoms with van der Waals surface area (Å²) in [5.41, 5.74) is 4.81. The lowest BCUT2D eigenvalue weighted by molar-refractivity contribution is -0.124. The molecule has 3 N–H and O–H groups in total. The number of ether oxygens (including phenoxy) is 1. The van der Waals surface area contributed by atoms with Gasteiger partial charge in [0, 0.05) is 12.6 Å². The van der Waals surface area contributed by atoms with Crippen LogP contribution in [-0.4, -0.2) is 30.2 Å². The van der Waals surface area contributed by atoms with E-state index in [4.69, 9.17) is 10.5 Å². The molecule has 0 aliphatic carbocycles. The molecular weight excluding hydrogens is 216 g/mol. The summed E-state index contributed by atoms with van der Waals surface area (Å²) in [7, 11) is 0. The van der Waals surface area contributed by atoms with Crippen LogP contribution >= 0.6 is 0 Å². The van der Waals surface area contributed by atoms with Gasteiger partial charge in [-0.3, -0.25) is 4.79 Å². The first kappa shape index (κ1) is 16.4. The van der Waals surface area contributed by atoms with Gasteiger partial charge in [0.05, 0.1) is 11.6 Å². The van der Waals surface area contributed by atoms with Gasteiger partial charge in [-0.1, -0.05) is 6.92 Å². The second-order valence-corrected chi connectivity index (χ2v) is 5.19. The van der Waals surface area contributed by atoms with Crippen molar-refractivity contribution >= 4 is 5.91 Å². The van der Waals surface area contributed by atoms with Crippen LogP contribution in [0.5, 0.6) is 0 Å². The number of hydrogen-bond acceptors (Lipinski definition) is 3. The van der Waals surface area contributed by atoms with Crippen molar-refractivity contribution in [1.29, 1.82) is 0 Å². The van der Waals surface area contributed by atoms with E-state index in [1.54, 1.807) is 0 Å². The maximum Gasteiger partial charge on any atom is 0.237 e. The number of nitrogens with one attached hydrogen (secondary N) is 1. The van der Waals surface area contributed by atoms with Crippen molar-refractivity contribution in [3.05, 3.63) is 0 Å². The number of carbonyl (C=O) groups excluding carboxylic acids is 1. The minimum absolute atomic E-state index is 0.239. The number of carbonyl (C=O) groups is 1. The van der Waals surface area contributed by atoms with Crippen LogP contribution in [0.2, 0.25) is 0 Å². The molecule has 0 aromatic rings. The Hall–Kier alpha value is -0.610. The van der Waals surface area contributed by atoms with Gasteiger partial charge >= 0.3 is 0 Å². The van der Waals surface area contributed by atoms with Gasteiger partial charge in [0.25, 0.3) is 0 Å². The van der Waals surface area contributed by atoms with E-state index in [0.29, 0.717) is 13.0 Å². The number of nitrogens with two attached hydrogens (primary N) is 1. The first-order valence-corrected chi connectivity index (χ1v) is 6.51. The van der Waals surface area contributed by atoms with E-state index in [1.807, 2.05) is 20.8 Å². The van der Waals surface area contributed by atoms with E-state index >= 15 is 0 Å². The van der Waals surface area contributed by atoms with Crippen LogP contribution in [-0.2, 0) is 9.53 Å². The molecule has 0 saturated carbocycles. The molecule has 0 aliphatic rings. The maximum atomic E-state index is 11.5. The Kier molecular flexibility index (Phi) is 7.39. The molecule has 0 heterocycles. The highest BCUT2D eigenvalue weighted by atomic mass is 16.5. The summed E-state index contributed by atoms with van der Waals surface area (Å²) in [5.74, 6) is -0.297. The summed E-state index contributed by atoms with van der Waals surface area (Å²) in [5, 5.41) is 3.23. The van der Waals surface area contributed by atoms with Crippen molar-refractivity contribution in [2.24, 2.45) is 5.73 Å². The topological polar surface area (TPSA) is 64.3 Å². The van der Waals surface area contributed by atoms with E-state index in [1.165, 1.54) is 0 Å². The Morgan fingerprint density at radius 3 is 2.41 bits per heavy atom. The molecule has 0 spiro atoms. The molecule has 17 heavy (non-hydrogen) atoms. The minimum atomic E-state index is -0.632. The summed E-state index contributed by atoms with van der Waals surface area (Å²) in [6, 6.07) is 0.239. The number of hydrogen-bond donors (Lipinski definition) is 2. The normalized spacial score (nSPS) is 16.8. The maximum absolute atomic E-state index is 11.5. The van der Waals surface area contributed by atoms with E-state index in [2.05, 4.69) is 19.2 Å². The van der Waals surface area contributed by atoms with Crippen LogP contribution in [0.25, 0.3) is 0 Å². The Balaban J connectivity index is 4.06. The fourth-order valence-electron chi connectivity index (χ4n) is 1.73. The van der Waals surface area contributed by atoms with Crippen LogP contribution in [0.15, 0.2) is 0 Å². The molecule has 0 saturated heterocycles. The van der Waals surface area contributed by atoms with E-state index < -0.39 is 5.54 Å². The quantitative estimate of drug-likeness (QED) is 0.608. The average molecular weight is 244 g/mol. The zero-order valence-electron chi connectivity index (χ0n) is 11.9. The molecule has 4 nitrogen and oxygen atoms in total. The fourth-order valence-corrected chi connectivity index (χ4v) is 1.73. The molecule has 1 amide bonds. The highest BCUT2D eigenvalue weighted by Gasteiger charge is 2.30. The zero-order chi connectivity index (χ0) is 13.5. The smallest absolute Gasteiger partial charge is 0.237 e. The lowest BCUT2D eigenvalue weighted by atomic mass is 9.94. The number of amides is 1. The molecule has 4 heteroatoms. The molecule has 0 radical (unpaired) electrons. The summed E-state index contributed by atoms with van der Waals surface area (Å²) in [6.07, 6.45) is 2.84. The Morgan fingerprint density at radius 2 is 2.00 bits per heavy atom. The van der Waals surface area contributed by atoms with Crippen molar-refractivity contribution in [2.75, 3.05) is 6.61 Å². The fraction of sp³-hybridized carbons (Fsp3) is 0.923. The Labute approximate surface area is 105 Å². The van der Waals surface area contributed by atoms with Gasteiger partial charge in [0.15, 0.2) is 0 Å². The molecule has 0 aromatic heterocycles. The minimum Gasteiger partial charge on any atom is -0.379 e. The molecule has 0 fully saturated rings. The molecule has 2 atom stereocenters. The van der Waals surface area contributed by atoms with Gasteiger partial charge < -0.3 is 15.8 Å². The average Bonchev–Trinajstić information content (AvgIpc) is 2.22. The Bertz CT molecular complexity index is 231. The second-order valence-electron chi connectivity index (χ2n) is 5.19. The predicted octanol–water partition coefficient (Wildman–Crippen LogP) is 1.82. The van der Waals surface area contributed by atoms with E-state index in [-0.39, 0.29) is 18.1 Å². The van der Waals surface area contributed by atoms with Gasteiger partial charge in [0.1, 0.15) is 0 Å². The van der Waals surface area contributed by atoms with Crippen LogP contribution < -0.4 is 11.1 Å². The van der Waals surface area contributed by atoms with Gasteiger partial charge in [0.2, 0.25) is 5.91 Å². The lowest BCUT2D eigenvalue weighted by Gasteiger charge is -2.30. The van der Waals surface area contributed by atoms with Crippen LogP contribution in [0.3, 0.4) is 0 Å². The van der Waals surface area contributed by atoms with Gasteiger partial charge in [-0.25, -0.2) is 0 Å². The third kappa shape index (κ3) is 6.64. The number of primary amides is 1. The van der Waals surface area contributed by atoms with Crippen molar-refractivity contribution in [2.45, 2.75) is 71.6 Å². The van der Waals surface area contributed by atoms with E-state index in [0.717, 1.165) is 12.8 Å². The third-order valence-corrected chi connectivity index (χ3v) is 2.95. The molecule has 102 valence electrons. The van der Waals surface area contributed by atoms with Crippen molar-refractivity contribution in [1.82, 2.24) is 5.32 Å². The molecular formula is C13H28N2O2. The largest absolute Gasteiger partial charge is 0.379 e. The molecule has 0 aromatic carbocycles. The SMILES string of the molecule is CCC(C)OCCCC(C)(NC(C)C)C(N)=O. The first-order valence-electron chi connectivity index (χ1n) is 6.51. The molecule has 0 bridgehead atoms. The second kappa shape index (κ2) is 7.67. The van der Waals surface area contributed by atoms with Crippen LogP contribution in [0.1, 0.15) is 53.9 Å². The van der Waals surface area contributed by atoms with Crippen molar-refractivity contribution in [3.63, 3.8) is 0 Å². The zero-order valence-corrected chi connectivity index (χ0v) is 11.9. The standard InChI is InChI=1S/C13H28N2O2/c1-6-11(4)17-9-7-8-13(5,12(14)16)15-10(2)3/h10-11,15H,6-9H2,1-5H3,(H2,14,16). The first-order chi connectivity index (χ1) is 7.81. The van der Waals surface area contributed by atoms with Gasteiger partial charge in [-0.05, 0) is 47.0 Å². The number of rotatable bonds is 9. The summed E-state index contributed by atoms with van der Waals surface area (Å²) in [4.78, 5) is 11.5. The lowest BCUT2D eigenvalue weighted by Crippen LogP contribution is -2.55. The highest BCUT2D eigenvalue weighted by molar-refractivity contribution is 5.84. The predicted molar refractivity (Wildman–Crippen MR) is 70.8 cm³/mol. The summed E-state index contributed by atoms with van der Waals surface area (Å²) < 4.78 is 5.59. The summed E-state index contributed by atoms with van der Waals surface area (Å²) in [6.45, 7) is 10.7. The molecule has 0 rings (SSSR count). The monoisotopic (exact) mass is 244 g/mol. The molecule has 2 unspecified atom stereocenters. The molecule has 0 aliphatic heterocycles. The van der Waals surface area contributed by atoms with Crippen LogP contribution in [0.4, 0.5) is 0 Å². The van der Waals surface area contributed by atoms with E-state index in [9.17, 15) is 4.79 Å². The highest BCUT2D eigenvalue weighted by Crippen LogP contribution is 2.13. The third-order valence-electron chi connectivity index (χ3n) is 2.95. The van der Waals surface area contributed by atoms with Crippen molar-refractivity contribution in [3.8, 4) is 0 Å². The van der Waals surface area contributed by atoms with Crippen LogP contribution in [0, 0.1) is 0 Å².